The van der Waals surface area contributed by atoms with Crippen LogP contribution in [0.15, 0.2) is 23.1 Å². The summed E-state index contributed by atoms with van der Waals surface area (Å²) in [7, 11) is 0. The summed E-state index contributed by atoms with van der Waals surface area (Å²) >= 11 is 0.707. The van der Waals surface area contributed by atoms with Crippen LogP contribution in [0.25, 0.3) is 0 Å². The van der Waals surface area contributed by atoms with Crippen molar-refractivity contribution in [2.75, 3.05) is 5.75 Å². The van der Waals surface area contributed by atoms with Crippen LogP contribution >= 0.6 is 11.8 Å². The van der Waals surface area contributed by atoms with E-state index in [1.54, 1.807) is 0 Å². The Bertz CT molecular complexity index is 533. The summed E-state index contributed by atoms with van der Waals surface area (Å²) < 4.78 is 38.5. The van der Waals surface area contributed by atoms with E-state index in [1.807, 2.05) is 0 Å². The van der Waals surface area contributed by atoms with Crippen molar-refractivity contribution >= 4 is 23.4 Å². The molecule has 0 fully saturated rings. The number of carbonyl (C=O) groups is 1. The van der Waals surface area contributed by atoms with Crippen molar-refractivity contribution in [3.05, 3.63) is 33.9 Å². The maximum absolute atomic E-state index is 12.8. The minimum atomic E-state index is -4.74. The molecule has 9 heteroatoms. The molecule has 0 amide bonds. The Labute approximate surface area is 115 Å². The van der Waals surface area contributed by atoms with Crippen molar-refractivity contribution in [3.8, 4) is 0 Å². The Morgan fingerprint density at radius 1 is 1.50 bits per heavy atom. The maximum atomic E-state index is 12.8. The summed E-state index contributed by atoms with van der Waals surface area (Å²) in [5.41, 5.74) is -1.79. The minimum absolute atomic E-state index is 0.0593. The van der Waals surface area contributed by atoms with Gasteiger partial charge in [0.25, 0.3) is 5.69 Å². The molecule has 1 aromatic rings. The lowest BCUT2D eigenvalue weighted by Gasteiger charge is -2.13. The lowest BCUT2D eigenvalue weighted by atomic mass is 10.2. The van der Waals surface area contributed by atoms with E-state index in [0.29, 0.717) is 17.8 Å². The van der Waals surface area contributed by atoms with E-state index in [2.05, 4.69) is 0 Å². The van der Waals surface area contributed by atoms with Crippen LogP contribution in [-0.2, 0) is 11.0 Å². The number of carboxylic acids is 1. The number of hydrogen-bond acceptors (Lipinski definition) is 4. The van der Waals surface area contributed by atoms with E-state index < -0.39 is 34.2 Å². The zero-order valence-corrected chi connectivity index (χ0v) is 11.0. The second-order valence-corrected chi connectivity index (χ2v) is 5.05. The molecule has 110 valence electrons. The van der Waals surface area contributed by atoms with Gasteiger partial charge in [-0.1, -0.05) is 6.92 Å². The van der Waals surface area contributed by atoms with E-state index in [0.717, 1.165) is 12.1 Å². The second-order valence-electron chi connectivity index (χ2n) is 3.99. The lowest BCUT2D eigenvalue weighted by molar-refractivity contribution is -0.385. The first-order valence-corrected chi connectivity index (χ1v) is 6.32. The third kappa shape index (κ3) is 4.12. The number of alkyl halides is 3. The molecule has 0 bridgehead atoms. The molecule has 0 saturated carbocycles. The molecule has 1 atom stereocenters. The molecule has 1 aromatic carbocycles. The zero-order chi connectivity index (χ0) is 15.5. The average molecular weight is 309 g/mol. The highest BCUT2D eigenvalue weighted by molar-refractivity contribution is 7.99. The molecule has 0 heterocycles. The Morgan fingerprint density at radius 3 is 2.55 bits per heavy atom. The molecule has 0 spiro atoms. The molecule has 0 radical (unpaired) electrons. The molecule has 0 aliphatic rings. The highest BCUT2D eigenvalue weighted by Crippen LogP contribution is 2.39. The number of carboxylic acid groups (broad SMARTS) is 1. The highest BCUT2D eigenvalue weighted by Gasteiger charge is 2.35. The van der Waals surface area contributed by atoms with Gasteiger partial charge >= 0.3 is 12.1 Å². The van der Waals surface area contributed by atoms with E-state index in [-0.39, 0.29) is 10.6 Å². The summed E-state index contributed by atoms with van der Waals surface area (Å²) in [5.74, 6) is -2.00. The van der Waals surface area contributed by atoms with Gasteiger partial charge in [-0.15, -0.1) is 11.8 Å². The molecule has 1 rings (SSSR count). The van der Waals surface area contributed by atoms with Crippen LogP contribution in [0.4, 0.5) is 18.9 Å². The zero-order valence-electron chi connectivity index (χ0n) is 10.2. The van der Waals surface area contributed by atoms with Gasteiger partial charge in [-0.25, -0.2) is 0 Å². The Morgan fingerprint density at radius 2 is 2.10 bits per heavy atom. The van der Waals surface area contributed by atoms with Gasteiger partial charge in [0, 0.05) is 22.8 Å². The van der Waals surface area contributed by atoms with Gasteiger partial charge in [0.05, 0.1) is 16.4 Å². The number of rotatable bonds is 5. The van der Waals surface area contributed by atoms with Gasteiger partial charge in [-0.05, 0) is 6.07 Å². The first-order chi connectivity index (χ1) is 9.12. The van der Waals surface area contributed by atoms with Crippen LogP contribution in [-0.4, -0.2) is 21.8 Å². The fourth-order valence-corrected chi connectivity index (χ4v) is 2.33. The normalized spacial score (nSPS) is 13.0. The SMILES string of the molecule is CC(CSc1ccc([N+](=O)[O-])cc1C(F)(F)F)C(=O)O. The van der Waals surface area contributed by atoms with Crippen molar-refractivity contribution < 1.29 is 28.0 Å². The van der Waals surface area contributed by atoms with Gasteiger partial charge in [0.15, 0.2) is 0 Å². The molecular formula is C11H10F3NO4S. The van der Waals surface area contributed by atoms with Crippen LogP contribution in [0.3, 0.4) is 0 Å². The summed E-state index contributed by atoms with van der Waals surface area (Å²) in [6.45, 7) is 1.37. The Kier molecular flexibility index (Phi) is 4.98. The standard InChI is InChI=1S/C11H10F3NO4S/c1-6(10(16)17)5-20-9-3-2-7(15(18)19)4-8(9)11(12,13)14/h2-4,6H,5H2,1H3,(H,16,17). The summed E-state index contributed by atoms with van der Waals surface area (Å²) in [5, 5.41) is 19.2. The fraction of sp³-hybridized carbons (Fsp3) is 0.364. The predicted octanol–water partition coefficient (Wildman–Crippen LogP) is 3.43. The van der Waals surface area contributed by atoms with Gasteiger partial charge in [0.2, 0.25) is 0 Å². The van der Waals surface area contributed by atoms with Crippen molar-refractivity contribution in [1.29, 1.82) is 0 Å². The number of benzene rings is 1. The van der Waals surface area contributed by atoms with Gasteiger partial charge in [-0.2, -0.15) is 13.2 Å². The number of aliphatic carboxylic acids is 1. The molecule has 20 heavy (non-hydrogen) atoms. The van der Waals surface area contributed by atoms with Crippen molar-refractivity contribution in [2.24, 2.45) is 5.92 Å². The van der Waals surface area contributed by atoms with E-state index in [4.69, 9.17) is 5.11 Å². The third-order valence-electron chi connectivity index (χ3n) is 2.39. The number of halogens is 3. The number of nitrogens with zero attached hydrogens (tertiary/aromatic N) is 1. The first kappa shape index (κ1) is 16.3. The molecule has 1 N–H and O–H groups in total. The highest BCUT2D eigenvalue weighted by atomic mass is 32.2. The van der Waals surface area contributed by atoms with E-state index >= 15 is 0 Å². The lowest BCUT2D eigenvalue weighted by Crippen LogP contribution is -2.13. The summed E-state index contributed by atoms with van der Waals surface area (Å²) in [6.07, 6.45) is -4.74. The first-order valence-electron chi connectivity index (χ1n) is 5.34. The number of nitro benzene ring substituents is 1. The molecule has 0 saturated heterocycles. The molecule has 5 nitrogen and oxygen atoms in total. The van der Waals surface area contributed by atoms with Crippen LogP contribution in [0.5, 0.6) is 0 Å². The number of hydrogen-bond donors (Lipinski definition) is 1. The Balaban J connectivity index is 3.07. The minimum Gasteiger partial charge on any atom is -0.481 e. The molecule has 0 aliphatic heterocycles. The largest absolute Gasteiger partial charge is 0.481 e. The van der Waals surface area contributed by atoms with Crippen molar-refractivity contribution in [2.45, 2.75) is 18.0 Å². The predicted molar refractivity (Wildman–Crippen MR) is 65.6 cm³/mol. The van der Waals surface area contributed by atoms with Crippen LogP contribution in [0.2, 0.25) is 0 Å². The number of nitro groups is 1. The Hall–Kier alpha value is -1.77. The van der Waals surface area contributed by atoms with Crippen molar-refractivity contribution in [3.63, 3.8) is 0 Å². The fourth-order valence-electron chi connectivity index (χ4n) is 1.26. The van der Waals surface area contributed by atoms with Crippen LogP contribution < -0.4 is 0 Å². The molecule has 1 unspecified atom stereocenters. The van der Waals surface area contributed by atoms with Crippen LogP contribution in [0, 0.1) is 16.0 Å². The molecule has 0 aromatic heterocycles. The summed E-state index contributed by atoms with van der Waals surface area (Å²) in [4.78, 5) is 20.0. The average Bonchev–Trinajstić information content (AvgIpc) is 2.34. The summed E-state index contributed by atoms with van der Waals surface area (Å²) in [6, 6.07) is 2.40. The van der Waals surface area contributed by atoms with Gasteiger partial charge in [0.1, 0.15) is 0 Å². The van der Waals surface area contributed by atoms with Crippen molar-refractivity contribution in [1.82, 2.24) is 0 Å². The number of thioether (sulfide) groups is 1. The second kappa shape index (κ2) is 6.12. The molecular weight excluding hydrogens is 299 g/mol. The van der Waals surface area contributed by atoms with E-state index in [1.165, 1.54) is 6.92 Å². The molecule has 0 aliphatic carbocycles. The quantitative estimate of drug-likeness (QED) is 0.512. The third-order valence-corrected chi connectivity index (χ3v) is 3.72. The topological polar surface area (TPSA) is 80.4 Å². The van der Waals surface area contributed by atoms with Gasteiger partial charge in [-0.3, -0.25) is 14.9 Å². The smallest absolute Gasteiger partial charge is 0.417 e. The van der Waals surface area contributed by atoms with E-state index in [9.17, 15) is 28.1 Å². The number of non-ortho nitro benzene ring substituents is 1. The maximum Gasteiger partial charge on any atom is 0.417 e. The van der Waals surface area contributed by atoms with Crippen LogP contribution in [0.1, 0.15) is 12.5 Å². The monoisotopic (exact) mass is 309 g/mol. The van der Waals surface area contributed by atoms with Gasteiger partial charge < -0.3 is 5.11 Å².